The lowest BCUT2D eigenvalue weighted by atomic mass is 9.91. The summed E-state index contributed by atoms with van der Waals surface area (Å²) in [6, 6.07) is 0. The lowest BCUT2D eigenvalue weighted by Crippen LogP contribution is -2.57. The molecule has 0 heterocycles. The highest BCUT2D eigenvalue weighted by Crippen LogP contribution is 2.15. The lowest BCUT2D eigenvalue weighted by Gasteiger charge is -2.31. The van der Waals surface area contributed by atoms with Gasteiger partial charge in [0.1, 0.15) is 12.1 Å². The van der Waals surface area contributed by atoms with E-state index in [9.17, 15) is 4.79 Å². The Bertz CT molecular complexity index is 250. The molecule has 0 spiro atoms. The molecule has 0 atom stereocenters. The van der Waals surface area contributed by atoms with Crippen molar-refractivity contribution in [1.29, 1.82) is 0 Å². The molecule has 0 aliphatic heterocycles. The number of hydrogen-bond acceptors (Lipinski definition) is 4. The SMILES string of the molecule is CCOCC(=O)NC(CC)(CC)/C(N)=N/O. The molecule has 0 radical (unpaired) electrons. The van der Waals surface area contributed by atoms with Gasteiger partial charge in [-0.1, -0.05) is 19.0 Å². The minimum Gasteiger partial charge on any atom is -0.409 e. The van der Waals surface area contributed by atoms with E-state index in [0.717, 1.165) is 0 Å². The zero-order valence-corrected chi connectivity index (χ0v) is 10.1. The normalized spacial score (nSPS) is 12.6. The fourth-order valence-electron chi connectivity index (χ4n) is 1.45. The van der Waals surface area contributed by atoms with Crippen LogP contribution in [0, 0.1) is 0 Å². The number of ether oxygens (including phenoxy) is 1. The Hall–Kier alpha value is -1.30. The average molecular weight is 231 g/mol. The molecule has 0 saturated carbocycles. The van der Waals surface area contributed by atoms with Crippen LogP contribution in [0.3, 0.4) is 0 Å². The molecule has 0 saturated heterocycles. The van der Waals surface area contributed by atoms with Crippen LogP contribution in [0.1, 0.15) is 33.6 Å². The second-order valence-corrected chi connectivity index (χ2v) is 3.46. The smallest absolute Gasteiger partial charge is 0.246 e. The van der Waals surface area contributed by atoms with Crippen LogP contribution in [-0.4, -0.2) is 35.7 Å². The standard InChI is InChI=1S/C10H21N3O3/c1-4-10(5-2,9(11)13-15)12-8(14)7-16-6-3/h15H,4-7H2,1-3H3,(H2,11,13)(H,12,14). The molecule has 4 N–H and O–H groups in total. The number of rotatable bonds is 7. The summed E-state index contributed by atoms with van der Waals surface area (Å²) < 4.78 is 4.99. The molecule has 16 heavy (non-hydrogen) atoms. The zero-order valence-electron chi connectivity index (χ0n) is 10.1. The number of hydrogen-bond donors (Lipinski definition) is 3. The minimum absolute atomic E-state index is 0.0161. The summed E-state index contributed by atoms with van der Waals surface area (Å²) in [5, 5.41) is 14.4. The molecule has 94 valence electrons. The number of oxime groups is 1. The second-order valence-electron chi connectivity index (χ2n) is 3.46. The van der Waals surface area contributed by atoms with E-state index in [1.54, 1.807) is 0 Å². The van der Waals surface area contributed by atoms with E-state index in [-0.39, 0.29) is 18.3 Å². The van der Waals surface area contributed by atoms with Crippen molar-refractivity contribution in [2.75, 3.05) is 13.2 Å². The number of nitrogens with two attached hydrogens (primary N) is 1. The third-order valence-electron chi connectivity index (χ3n) is 2.62. The fraction of sp³-hybridized carbons (Fsp3) is 0.800. The highest BCUT2D eigenvalue weighted by Gasteiger charge is 2.33. The van der Waals surface area contributed by atoms with E-state index in [1.807, 2.05) is 20.8 Å². The molecule has 0 rings (SSSR count). The maximum Gasteiger partial charge on any atom is 0.246 e. The quantitative estimate of drug-likeness (QED) is 0.256. The number of nitrogens with zero attached hydrogens (tertiary/aromatic N) is 1. The van der Waals surface area contributed by atoms with Gasteiger partial charge in [-0.25, -0.2) is 0 Å². The first kappa shape index (κ1) is 14.7. The van der Waals surface area contributed by atoms with Gasteiger partial charge in [0.25, 0.3) is 0 Å². The van der Waals surface area contributed by atoms with Gasteiger partial charge >= 0.3 is 0 Å². The molecule has 0 aromatic rings. The van der Waals surface area contributed by atoms with E-state index in [4.69, 9.17) is 15.7 Å². The summed E-state index contributed by atoms with van der Waals surface area (Å²) >= 11 is 0. The molecule has 0 bridgehead atoms. The van der Waals surface area contributed by atoms with Gasteiger partial charge in [0.15, 0.2) is 5.84 Å². The van der Waals surface area contributed by atoms with E-state index in [1.165, 1.54) is 0 Å². The highest BCUT2D eigenvalue weighted by molar-refractivity contribution is 5.94. The molecule has 0 aromatic carbocycles. The predicted molar refractivity (Wildman–Crippen MR) is 61.4 cm³/mol. The van der Waals surface area contributed by atoms with Crippen LogP contribution < -0.4 is 11.1 Å². The van der Waals surface area contributed by atoms with Crippen molar-refractivity contribution >= 4 is 11.7 Å². The first-order valence-corrected chi connectivity index (χ1v) is 5.43. The molecule has 0 aliphatic carbocycles. The van der Waals surface area contributed by atoms with Crippen molar-refractivity contribution in [2.45, 2.75) is 39.2 Å². The van der Waals surface area contributed by atoms with Gasteiger partial charge in [0.05, 0.1) is 0 Å². The summed E-state index contributed by atoms with van der Waals surface area (Å²) in [6.45, 7) is 5.99. The van der Waals surface area contributed by atoms with Crippen LogP contribution in [0.4, 0.5) is 0 Å². The zero-order chi connectivity index (χ0) is 12.6. The Balaban J connectivity index is 4.61. The first-order chi connectivity index (χ1) is 7.56. The molecule has 0 unspecified atom stereocenters. The number of carbonyl (C=O) groups is 1. The van der Waals surface area contributed by atoms with E-state index in [0.29, 0.717) is 19.4 Å². The van der Waals surface area contributed by atoms with Gasteiger partial charge in [0, 0.05) is 6.61 Å². The maximum atomic E-state index is 11.5. The van der Waals surface area contributed by atoms with E-state index < -0.39 is 5.54 Å². The largest absolute Gasteiger partial charge is 0.409 e. The Labute approximate surface area is 95.8 Å². The summed E-state index contributed by atoms with van der Waals surface area (Å²) in [6.07, 6.45) is 1.11. The number of carbonyl (C=O) groups excluding carboxylic acids is 1. The van der Waals surface area contributed by atoms with Crippen molar-refractivity contribution in [3.63, 3.8) is 0 Å². The first-order valence-electron chi connectivity index (χ1n) is 5.43. The third kappa shape index (κ3) is 3.69. The summed E-state index contributed by atoms with van der Waals surface area (Å²) in [5.74, 6) is -0.250. The Kier molecular flexibility index (Phi) is 6.48. The van der Waals surface area contributed by atoms with E-state index >= 15 is 0 Å². The summed E-state index contributed by atoms with van der Waals surface area (Å²) in [5.41, 5.74) is 4.81. The van der Waals surface area contributed by atoms with Crippen molar-refractivity contribution < 1.29 is 14.7 Å². The predicted octanol–water partition coefficient (Wildman–Crippen LogP) is 0.444. The molecule has 1 amide bonds. The molecule has 0 aliphatic rings. The van der Waals surface area contributed by atoms with Gasteiger partial charge in [0.2, 0.25) is 5.91 Å². The van der Waals surface area contributed by atoms with Crippen molar-refractivity contribution in [3.8, 4) is 0 Å². The minimum atomic E-state index is -0.789. The van der Waals surface area contributed by atoms with Gasteiger partial charge in [-0.05, 0) is 19.8 Å². The second kappa shape index (κ2) is 7.05. The van der Waals surface area contributed by atoms with Crippen molar-refractivity contribution in [3.05, 3.63) is 0 Å². The number of amidine groups is 1. The van der Waals surface area contributed by atoms with E-state index in [2.05, 4.69) is 10.5 Å². The molecule has 6 heteroatoms. The van der Waals surface area contributed by atoms with Crippen LogP contribution in [0.15, 0.2) is 5.16 Å². The molecule has 0 fully saturated rings. The Morgan fingerprint density at radius 2 is 2.00 bits per heavy atom. The maximum absolute atomic E-state index is 11.5. The number of nitrogens with one attached hydrogen (secondary N) is 1. The van der Waals surface area contributed by atoms with Crippen LogP contribution in [0.5, 0.6) is 0 Å². The van der Waals surface area contributed by atoms with Gasteiger partial charge in [-0.2, -0.15) is 0 Å². The van der Waals surface area contributed by atoms with Crippen molar-refractivity contribution in [2.24, 2.45) is 10.9 Å². The van der Waals surface area contributed by atoms with Gasteiger partial charge in [-0.3, -0.25) is 4.79 Å². The van der Waals surface area contributed by atoms with Gasteiger partial charge < -0.3 is 21.0 Å². The molecular weight excluding hydrogens is 210 g/mol. The van der Waals surface area contributed by atoms with Crippen LogP contribution >= 0.6 is 0 Å². The lowest BCUT2D eigenvalue weighted by molar-refractivity contribution is -0.126. The van der Waals surface area contributed by atoms with Crippen molar-refractivity contribution in [1.82, 2.24) is 5.32 Å². The topological polar surface area (TPSA) is 96.9 Å². The van der Waals surface area contributed by atoms with Crippen LogP contribution in [0.2, 0.25) is 0 Å². The summed E-state index contributed by atoms with van der Waals surface area (Å²) in [4.78, 5) is 11.5. The van der Waals surface area contributed by atoms with Gasteiger partial charge in [-0.15, -0.1) is 0 Å². The van der Waals surface area contributed by atoms with Crippen LogP contribution in [-0.2, 0) is 9.53 Å². The highest BCUT2D eigenvalue weighted by atomic mass is 16.5. The summed E-state index contributed by atoms with van der Waals surface area (Å²) in [7, 11) is 0. The fourth-order valence-corrected chi connectivity index (χ4v) is 1.45. The average Bonchev–Trinajstić information content (AvgIpc) is 2.32. The molecule has 6 nitrogen and oxygen atoms in total. The Morgan fingerprint density at radius 3 is 2.38 bits per heavy atom. The van der Waals surface area contributed by atoms with Crippen LogP contribution in [0.25, 0.3) is 0 Å². The molecule has 0 aromatic heterocycles. The molecular formula is C10H21N3O3. The number of amides is 1. The third-order valence-corrected chi connectivity index (χ3v) is 2.62. The monoisotopic (exact) mass is 231 g/mol. The Morgan fingerprint density at radius 1 is 1.44 bits per heavy atom.